The number of allylic oxidation sites excluding steroid dienone is 4. The summed E-state index contributed by atoms with van der Waals surface area (Å²) in [5, 5.41) is 0.249. The topological polar surface area (TPSA) is 0 Å². The predicted molar refractivity (Wildman–Crippen MR) is 41.5 cm³/mol. The Kier molecular flexibility index (Phi) is 1.86. The second kappa shape index (κ2) is 2.39. The molecule has 0 aromatic heterocycles. The van der Waals surface area contributed by atoms with Gasteiger partial charge in [-0.05, 0) is 17.9 Å². The number of halogens is 2. The molecule has 0 saturated carbocycles. The molecule has 0 atom stereocenters. The van der Waals surface area contributed by atoms with Gasteiger partial charge in [-0.3, -0.25) is 0 Å². The zero-order valence-electron chi connectivity index (χ0n) is 6.12. The van der Waals surface area contributed by atoms with E-state index in [1.165, 1.54) is 0 Å². The monoisotopic (exact) mass is 160 g/mol. The van der Waals surface area contributed by atoms with Crippen molar-refractivity contribution in [3.63, 3.8) is 0 Å². The summed E-state index contributed by atoms with van der Waals surface area (Å²) in [6.45, 7) is 3.96. The van der Waals surface area contributed by atoms with Crippen molar-refractivity contribution in [2.45, 2.75) is 20.3 Å². The highest BCUT2D eigenvalue weighted by atomic mass is 35.5. The lowest BCUT2D eigenvalue weighted by Crippen LogP contribution is -2.09. The molecule has 0 aromatic carbocycles. The highest BCUT2D eigenvalue weighted by molar-refractivity contribution is 6.31. The zero-order valence-corrected chi connectivity index (χ0v) is 6.87. The summed E-state index contributed by atoms with van der Waals surface area (Å²) in [6, 6.07) is 0. The lowest BCUT2D eigenvalue weighted by Gasteiger charge is -2.21. The molecule has 0 nitrogen and oxygen atoms in total. The van der Waals surface area contributed by atoms with Crippen molar-refractivity contribution in [1.82, 2.24) is 0 Å². The molecular weight excluding hydrogens is 151 g/mol. The quantitative estimate of drug-likeness (QED) is 0.510. The molecule has 0 aromatic rings. The highest BCUT2D eigenvalue weighted by Crippen LogP contribution is 2.34. The summed E-state index contributed by atoms with van der Waals surface area (Å²) in [6.07, 6.45) is 4.10. The first-order valence-corrected chi connectivity index (χ1v) is 3.63. The highest BCUT2D eigenvalue weighted by Gasteiger charge is 2.20. The van der Waals surface area contributed by atoms with Crippen LogP contribution >= 0.6 is 11.6 Å². The lowest BCUT2D eigenvalue weighted by atomic mass is 9.86. The fourth-order valence-corrected chi connectivity index (χ4v) is 1.05. The molecule has 0 radical (unpaired) electrons. The molecule has 2 heteroatoms. The van der Waals surface area contributed by atoms with E-state index < -0.39 is 0 Å². The zero-order chi connectivity index (χ0) is 7.78. The minimum atomic E-state index is -0.294. The Labute approximate surface area is 65.4 Å². The molecule has 0 amide bonds. The predicted octanol–water partition coefficient (Wildman–Crippen LogP) is 3.39. The average Bonchev–Trinajstić information content (AvgIpc) is 1.79. The Balaban J connectivity index is 2.87. The molecule has 56 valence electrons. The van der Waals surface area contributed by atoms with Gasteiger partial charge in [-0.25, -0.2) is 4.39 Å². The van der Waals surface area contributed by atoms with Gasteiger partial charge in [0.05, 0.1) is 5.03 Å². The molecule has 1 rings (SSSR count). The summed E-state index contributed by atoms with van der Waals surface area (Å²) in [7, 11) is 0. The first kappa shape index (κ1) is 7.80. The van der Waals surface area contributed by atoms with E-state index in [0.29, 0.717) is 0 Å². The smallest absolute Gasteiger partial charge is 0.138 e. The van der Waals surface area contributed by atoms with Crippen LogP contribution in [0.1, 0.15) is 20.3 Å². The van der Waals surface area contributed by atoms with Crippen LogP contribution in [0.4, 0.5) is 4.39 Å². The second-order valence-electron chi connectivity index (χ2n) is 3.24. The summed E-state index contributed by atoms with van der Waals surface area (Å²) in [4.78, 5) is 0. The molecule has 0 aliphatic heterocycles. The van der Waals surface area contributed by atoms with Crippen LogP contribution < -0.4 is 0 Å². The second-order valence-corrected chi connectivity index (χ2v) is 3.64. The molecule has 0 unspecified atom stereocenters. The van der Waals surface area contributed by atoms with E-state index in [1.54, 1.807) is 12.2 Å². The fourth-order valence-electron chi connectivity index (χ4n) is 0.921. The van der Waals surface area contributed by atoms with Crippen LogP contribution in [0.2, 0.25) is 0 Å². The maximum Gasteiger partial charge on any atom is 0.138 e. The Morgan fingerprint density at radius 2 is 2.20 bits per heavy atom. The third-order valence-corrected chi connectivity index (χ3v) is 1.89. The van der Waals surface area contributed by atoms with Gasteiger partial charge in [0, 0.05) is 0 Å². The first-order chi connectivity index (χ1) is 4.51. The van der Waals surface area contributed by atoms with Crippen LogP contribution in [0.5, 0.6) is 0 Å². The van der Waals surface area contributed by atoms with E-state index in [-0.39, 0.29) is 16.3 Å². The number of hydrogen-bond acceptors (Lipinski definition) is 0. The van der Waals surface area contributed by atoms with Gasteiger partial charge in [0.15, 0.2) is 0 Å². The third kappa shape index (κ3) is 1.60. The minimum Gasteiger partial charge on any atom is -0.206 e. The van der Waals surface area contributed by atoms with Gasteiger partial charge in [0.25, 0.3) is 0 Å². The lowest BCUT2D eigenvalue weighted by molar-refractivity contribution is 0.459. The van der Waals surface area contributed by atoms with Crippen LogP contribution in [-0.2, 0) is 0 Å². The van der Waals surface area contributed by atoms with Gasteiger partial charge in [0.2, 0.25) is 0 Å². The summed E-state index contributed by atoms with van der Waals surface area (Å²) < 4.78 is 12.7. The van der Waals surface area contributed by atoms with Crippen LogP contribution in [0.25, 0.3) is 0 Å². The van der Waals surface area contributed by atoms with E-state index in [0.717, 1.165) is 6.42 Å². The summed E-state index contributed by atoms with van der Waals surface area (Å²) in [5.41, 5.74) is -0.0670. The molecular formula is C8H10ClF. The van der Waals surface area contributed by atoms with Gasteiger partial charge < -0.3 is 0 Å². The molecule has 1 aliphatic carbocycles. The van der Waals surface area contributed by atoms with Crippen LogP contribution in [0, 0.1) is 5.41 Å². The van der Waals surface area contributed by atoms with Crippen molar-refractivity contribution in [1.29, 1.82) is 0 Å². The van der Waals surface area contributed by atoms with Gasteiger partial charge in [-0.15, -0.1) is 0 Å². The normalized spacial score (nSPS) is 23.6. The largest absolute Gasteiger partial charge is 0.206 e. The van der Waals surface area contributed by atoms with Crippen molar-refractivity contribution in [2.75, 3.05) is 0 Å². The Hall–Kier alpha value is -0.300. The molecule has 10 heavy (non-hydrogen) atoms. The van der Waals surface area contributed by atoms with Crippen molar-refractivity contribution >= 4 is 11.6 Å². The van der Waals surface area contributed by atoms with Gasteiger partial charge in [-0.2, -0.15) is 0 Å². The van der Waals surface area contributed by atoms with Crippen LogP contribution in [-0.4, -0.2) is 0 Å². The number of rotatable bonds is 0. The third-order valence-electron chi connectivity index (χ3n) is 1.55. The fraction of sp³-hybridized carbons (Fsp3) is 0.500. The molecule has 0 spiro atoms. The Morgan fingerprint density at radius 1 is 1.60 bits per heavy atom. The SMILES string of the molecule is CC1(C)C=C(F)C(Cl)=CC1. The minimum absolute atomic E-state index is 0.0670. The standard InChI is InChI=1S/C8H10ClF/c1-8(2)4-3-6(9)7(10)5-8/h3,5H,4H2,1-2H3. The van der Waals surface area contributed by atoms with E-state index in [2.05, 4.69) is 0 Å². The van der Waals surface area contributed by atoms with Crippen molar-refractivity contribution in [2.24, 2.45) is 5.41 Å². The maximum absolute atomic E-state index is 12.7. The summed E-state index contributed by atoms with van der Waals surface area (Å²) >= 11 is 5.51. The van der Waals surface area contributed by atoms with Gasteiger partial charge in [0.1, 0.15) is 5.83 Å². The number of hydrogen-bond donors (Lipinski definition) is 0. The molecule has 0 bridgehead atoms. The van der Waals surface area contributed by atoms with E-state index in [4.69, 9.17) is 11.6 Å². The molecule has 0 fully saturated rings. The molecule has 0 N–H and O–H groups in total. The Bertz CT molecular complexity index is 201. The maximum atomic E-state index is 12.7. The average molecular weight is 161 g/mol. The molecule has 1 aliphatic rings. The van der Waals surface area contributed by atoms with E-state index in [9.17, 15) is 4.39 Å². The Morgan fingerprint density at radius 3 is 2.60 bits per heavy atom. The van der Waals surface area contributed by atoms with E-state index >= 15 is 0 Å². The van der Waals surface area contributed by atoms with E-state index in [1.807, 2.05) is 13.8 Å². The van der Waals surface area contributed by atoms with Crippen LogP contribution in [0.15, 0.2) is 23.0 Å². The molecule has 0 heterocycles. The summed E-state index contributed by atoms with van der Waals surface area (Å²) in [5.74, 6) is -0.294. The van der Waals surface area contributed by atoms with Gasteiger partial charge >= 0.3 is 0 Å². The molecule has 0 saturated heterocycles. The van der Waals surface area contributed by atoms with Gasteiger partial charge in [-0.1, -0.05) is 31.5 Å². The van der Waals surface area contributed by atoms with Crippen LogP contribution in [0.3, 0.4) is 0 Å². The van der Waals surface area contributed by atoms with Crippen molar-refractivity contribution < 1.29 is 4.39 Å². The first-order valence-electron chi connectivity index (χ1n) is 3.26. The van der Waals surface area contributed by atoms with Crippen molar-refractivity contribution in [3.8, 4) is 0 Å². The van der Waals surface area contributed by atoms with Crippen molar-refractivity contribution in [3.05, 3.63) is 23.0 Å².